The van der Waals surface area contributed by atoms with Crippen LogP contribution >= 0.6 is 11.6 Å². The van der Waals surface area contributed by atoms with Gasteiger partial charge in [0.2, 0.25) is 5.91 Å². The summed E-state index contributed by atoms with van der Waals surface area (Å²) in [6.45, 7) is 6.23. The van der Waals surface area contributed by atoms with E-state index in [0.29, 0.717) is 36.9 Å². The van der Waals surface area contributed by atoms with Gasteiger partial charge in [0.1, 0.15) is 12.4 Å². The Kier molecular flexibility index (Phi) is 4.76. The van der Waals surface area contributed by atoms with Gasteiger partial charge in [-0.25, -0.2) is 4.39 Å². The second-order valence-electron chi connectivity index (χ2n) is 5.96. The molecule has 24 heavy (non-hydrogen) atoms. The number of rotatable bonds is 3. The first-order valence-electron chi connectivity index (χ1n) is 7.94. The van der Waals surface area contributed by atoms with E-state index in [4.69, 9.17) is 11.6 Å². The number of aryl methyl sites for hydroxylation is 1. The van der Waals surface area contributed by atoms with E-state index in [0.717, 1.165) is 11.4 Å². The molecule has 1 aromatic heterocycles. The summed E-state index contributed by atoms with van der Waals surface area (Å²) < 4.78 is 15.5. The average Bonchev–Trinajstić information content (AvgIpc) is 2.82. The summed E-state index contributed by atoms with van der Waals surface area (Å²) in [6, 6.07) is 6.73. The Labute approximate surface area is 145 Å². The lowest BCUT2D eigenvalue weighted by molar-refractivity contribution is -0.132. The van der Waals surface area contributed by atoms with Crippen molar-refractivity contribution in [2.24, 2.45) is 0 Å². The molecule has 128 valence electrons. The van der Waals surface area contributed by atoms with Crippen molar-refractivity contribution in [1.82, 2.24) is 14.7 Å². The van der Waals surface area contributed by atoms with Crippen LogP contribution in [0.15, 0.2) is 24.3 Å². The zero-order valence-corrected chi connectivity index (χ0v) is 14.6. The van der Waals surface area contributed by atoms with Gasteiger partial charge in [-0.15, -0.1) is 0 Å². The van der Waals surface area contributed by atoms with Gasteiger partial charge in [0.25, 0.3) is 0 Å². The van der Waals surface area contributed by atoms with Crippen LogP contribution in [0.1, 0.15) is 11.4 Å². The molecule has 0 atom stereocenters. The molecule has 3 rings (SSSR count). The SMILES string of the molecule is Cc1nn(CC(=O)N2CCN(c3ccccc3F)CC2)c(C)c1Cl. The van der Waals surface area contributed by atoms with Gasteiger partial charge >= 0.3 is 0 Å². The number of benzene rings is 1. The molecule has 0 spiro atoms. The molecule has 1 aliphatic heterocycles. The van der Waals surface area contributed by atoms with Crippen LogP contribution in [0.5, 0.6) is 0 Å². The number of para-hydroxylation sites is 1. The van der Waals surface area contributed by atoms with Gasteiger partial charge in [0.05, 0.1) is 22.1 Å². The number of carbonyl (C=O) groups excluding carboxylic acids is 1. The number of nitrogens with zero attached hydrogens (tertiary/aromatic N) is 4. The first kappa shape index (κ1) is 16.8. The standard InChI is InChI=1S/C17H20ClFN4O/c1-12-17(18)13(2)23(20-12)11-16(24)22-9-7-21(8-10-22)15-6-4-3-5-14(15)19/h3-6H,7-11H2,1-2H3. The Hall–Kier alpha value is -2.08. The maximum atomic E-state index is 13.9. The number of anilines is 1. The van der Waals surface area contributed by atoms with Crippen LogP contribution in [0, 0.1) is 19.7 Å². The van der Waals surface area contributed by atoms with Crippen molar-refractivity contribution in [3.63, 3.8) is 0 Å². The van der Waals surface area contributed by atoms with Gasteiger partial charge in [-0.3, -0.25) is 9.48 Å². The van der Waals surface area contributed by atoms with Gasteiger partial charge in [-0.05, 0) is 26.0 Å². The topological polar surface area (TPSA) is 41.4 Å². The summed E-state index contributed by atoms with van der Waals surface area (Å²) in [5, 5.41) is 4.90. The zero-order chi connectivity index (χ0) is 17.3. The first-order valence-corrected chi connectivity index (χ1v) is 8.32. The minimum absolute atomic E-state index is 0.00505. The maximum Gasteiger partial charge on any atom is 0.244 e. The lowest BCUT2D eigenvalue weighted by Crippen LogP contribution is -2.50. The van der Waals surface area contributed by atoms with Gasteiger partial charge in [0.15, 0.2) is 0 Å². The summed E-state index contributed by atoms with van der Waals surface area (Å²) in [5.74, 6) is -0.222. The third-order valence-electron chi connectivity index (χ3n) is 4.40. The quantitative estimate of drug-likeness (QED) is 0.854. The minimum atomic E-state index is -0.227. The van der Waals surface area contributed by atoms with E-state index < -0.39 is 0 Å². The van der Waals surface area contributed by atoms with Crippen molar-refractivity contribution in [3.05, 3.63) is 46.5 Å². The number of piperazine rings is 1. The largest absolute Gasteiger partial charge is 0.366 e. The molecule has 1 amide bonds. The van der Waals surface area contributed by atoms with Crippen LogP contribution in [-0.4, -0.2) is 46.8 Å². The average molecular weight is 351 g/mol. The van der Waals surface area contributed by atoms with Crippen LogP contribution in [0.4, 0.5) is 10.1 Å². The highest BCUT2D eigenvalue weighted by Gasteiger charge is 2.23. The number of amides is 1. The number of hydrogen-bond donors (Lipinski definition) is 0. The Morgan fingerprint density at radius 3 is 2.46 bits per heavy atom. The van der Waals surface area contributed by atoms with Gasteiger partial charge < -0.3 is 9.80 Å². The van der Waals surface area contributed by atoms with E-state index in [9.17, 15) is 9.18 Å². The van der Waals surface area contributed by atoms with Gasteiger partial charge in [0, 0.05) is 26.2 Å². The van der Waals surface area contributed by atoms with Crippen molar-refractivity contribution in [3.8, 4) is 0 Å². The fourth-order valence-corrected chi connectivity index (χ4v) is 3.10. The predicted molar refractivity (Wildman–Crippen MR) is 91.9 cm³/mol. The zero-order valence-electron chi connectivity index (χ0n) is 13.8. The highest BCUT2D eigenvalue weighted by Crippen LogP contribution is 2.21. The first-order chi connectivity index (χ1) is 11.5. The van der Waals surface area contributed by atoms with Crippen LogP contribution in [0.25, 0.3) is 0 Å². The van der Waals surface area contributed by atoms with Crippen LogP contribution < -0.4 is 4.90 Å². The Morgan fingerprint density at radius 1 is 1.21 bits per heavy atom. The fraction of sp³-hybridized carbons (Fsp3) is 0.412. The minimum Gasteiger partial charge on any atom is -0.366 e. The molecule has 5 nitrogen and oxygen atoms in total. The maximum absolute atomic E-state index is 13.9. The molecule has 0 aliphatic carbocycles. The molecule has 7 heteroatoms. The van der Waals surface area contributed by atoms with Crippen molar-refractivity contribution >= 4 is 23.2 Å². The molecule has 1 aromatic carbocycles. The van der Waals surface area contributed by atoms with E-state index in [1.54, 1.807) is 21.7 Å². The summed E-state index contributed by atoms with van der Waals surface area (Å²) in [7, 11) is 0. The highest BCUT2D eigenvalue weighted by atomic mass is 35.5. The molecule has 1 fully saturated rings. The summed E-state index contributed by atoms with van der Waals surface area (Å²) in [5.41, 5.74) is 2.12. The fourth-order valence-electron chi connectivity index (χ4n) is 2.96. The lowest BCUT2D eigenvalue weighted by Gasteiger charge is -2.36. The van der Waals surface area contributed by atoms with Crippen molar-refractivity contribution in [2.75, 3.05) is 31.1 Å². The van der Waals surface area contributed by atoms with Crippen LogP contribution in [-0.2, 0) is 11.3 Å². The summed E-state index contributed by atoms with van der Waals surface area (Å²) in [4.78, 5) is 16.2. The smallest absolute Gasteiger partial charge is 0.244 e. The monoisotopic (exact) mass is 350 g/mol. The normalized spacial score (nSPS) is 15.0. The van der Waals surface area contributed by atoms with E-state index in [-0.39, 0.29) is 18.3 Å². The molecule has 0 radical (unpaired) electrons. The summed E-state index contributed by atoms with van der Waals surface area (Å²) in [6.07, 6.45) is 0. The second kappa shape index (κ2) is 6.81. The Balaban J connectivity index is 1.61. The third-order valence-corrected chi connectivity index (χ3v) is 4.95. The number of aromatic nitrogens is 2. The molecule has 1 saturated heterocycles. The molecule has 2 heterocycles. The molecule has 0 saturated carbocycles. The predicted octanol–water partition coefficient (Wildman–Crippen LogP) is 2.64. The Morgan fingerprint density at radius 2 is 1.88 bits per heavy atom. The number of carbonyl (C=O) groups is 1. The molecule has 0 bridgehead atoms. The Bertz CT molecular complexity index is 753. The van der Waals surface area contributed by atoms with Gasteiger partial charge in [-0.1, -0.05) is 23.7 Å². The molecular weight excluding hydrogens is 331 g/mol. The highest BCUT2D eigenvalue weighted by molar-refractivity contribution is 6.31. The number of halogens is 2. The molecule has 1 aliphatic rings. The van der Waals surface area contributed by atoms with E-state index in [1.807, 2.05) is 24.8 Å². The molecule has 2 aromatic rings. The second-order valence-corrected chi connectivity index (χ2v) is 6.34. The number of hydrogen-bond acceptors (Lipinski definition) is 3. The molecule has 0 unspecified atom stereocenters. The van der Waals surface area contributed by atoms with E-state index in [2.05, 4.69) is 5.10 Å². The van der Waals surface area contributed by atoms with Crippen molar-refractivity contribution in [2.45, 2.75) is 20.4 Å². The molecular formula is C17H20ClFN4O. The molecule has 0 N–H and O–H groups in total. The van der Waals surface area contributed by atoms with Crippen LogP contribution in [0.2, 0.25) is 5.02 Å². The summed E-state index contributed by atoms with van der Waals surface area (Å²) >= 11 is 6.12. The third kappa shape index (κ3) is 3.24. The van der Waals surface area contributed by atoms with Crippen molar-refractivity contribution in [1.29, 1.82) is 0 Å². The van der Waals surface area contributed by atoms with Gasteiger partial charge in [-0.2, -0.15) is 5.10 Å². The van der Waals surface area contributed by atoms with Crippen LogP contribution in [0.3, 0.4) is 0 Å². The van der Waals surface area contributed by atoms with E-state index >= 15 is 0 Å². The van der Waals surface area contributed by atoms with Crippen molar-refractivity contribution < 1.29 is 9.18 Å². The lowest BCUT2D eigenvalue weighted by atomic mass is 10.2. The van der Waals surface area contributed by atoms with E-state index in [1.165, 1.54) is 6.07 Å².